The zero-order valence-corrected chi connectivity index (χ0v) is 17.2. The molecular weight excluding hydrogens is 406 g/mol. The number of aryl methyl sites for hydroxylation is 2. The van der Waals surface area contributed by atoms with E-state index in [1.165, 1.54) is 7.05 Å². The fourth-order valence-corrected chi connectivity index (χ4v) is 3.44. The van der Waals surface area contributed by atoms with Gasteiger partial charge in [0.05, 0.1) is 0 Å². The summed E-state index contributed by atoms with van der Waals surface area (Å²) in [6.07, 6.45) is -0.611. The van der Waals surface area contributed by atoms with E-state index in [1.54, 1.807) is 19.1 Å². The van der Waals surface area contributed by atoms with Crippen LogP contribution in [-0.2, 0) is 7.05 Å². The van der Waals surface area contributed by atoms with E-state index in [4.69, 9.17) is 9.15 Å². The molecule has 0 fully saturated rings. The van der Waals surface area contributed by atoms with Crippen LogP contribution in [0.2, 0.25) is 0 Å². The predicted molar refractivity (Wildman–Crippen MR) is 112 cm³/mol. The van der Waals surface area contributed by atoms with E-state index in [-0.39, 0.29) is 5.89 Å². The molecule has 0 radical (unpaired) electrons. The van der Waals surface area contributed by atoms with Crippen molar-refractivity contribution in [1.82, 2.24) is 19.4 Å². The van der Waals surface area contributed by atoms with Crippen LogP contribution in [0.1, 0.15) is 11.3 Å². The first-order valence-electron chi connectivity index (χ1n) is 8.94. The number of carbonyl (C=O) groups is 1. The highest BCUT2D eigenvalue weighted by Gasteiger charge is 2.14. The molecule has 152 valence electrons. The maximum absolute atomic E-state index is 12.0. The average Bonchev–Trinajstić information content (AvgIpc) is 3.27. The van der Waals surface area contributed by atoms with Crippen LogP contribution in [0.3, 0.4) is 0 Å². The summed E-state index contributed by atoms with van der Waals surface area (Å²) in [4.78, 5) is 23.7. The Morgan fingerprint density at radius 1 is 1.13 bits per heavy atom. The van der Waals surface area contributed by atoms with Crippen LogP contribution < -0.4 is 15.8 Å². The standard InChI is InChI=1S/C20H17N5O4S/c1-11-15(5-4-6-16(11)17-23-25(3)20(27)28-17)13-7-9-14(10-8-13)21-19(26)29-18-12(2)22-24-30-18/h4-10H,1-3H3,(H,21,26). The molecule has 4 aromatic rings. The van der Waals surface area contributed by atoms with Gasteiger partial charge in [-0.2, -0.15) is 4.68 Å². The van der Waals surface area contributed by atoms with Gasteiger partial charge in [0.1, 0.15) is 5.69 Å². The highest BCUT2D eigenvalue weighted by atomic mass is 32.1. The van der Waals surface area contributed by atoms with E-state index in [9.17, 15) is 9.59 Å². The monoisotopic (exact) mass is 423 g/mol. The summed E-state index contributed by atoms with van der Waals surface area (Å²) in [6.45, 7) is 3.65. The third-order valence-electron chi connectivity index (χ3n) is 4.49. The molecule has 4 rings (SSSR count). The zero-order valence-electron chi connectivity index (χ0n) is 16.4. The lowest BCUT2D eigenvalue weighted by Gasteiger charge is -2.10. The van der Waals surface area contributed by atoms with E-state index in [0.717, 1.165) is 38.5 Å². The molecule has 0 unspecified atom stereocenters. The lowest BCUT2D eigenvalue weighted by Crippen LogP contribution is -2.16. The summed E-state index contributed by atoms with van der Waals surface area (Å²) >= 11 is 1.01. The minimum Gasteiger partial charge on any atom is -0.395 e. The van der Waals surface area contributed by atoms with Crippen molar-refractivity contribution in [3.05, 3.63) is 64.3 Å². The number of aromatic nitrogens is 4. The highest BCUT2D eigenvalue weighted by Crippen LogP contribution is 2.31. The number of benzene rings is 2. The largest absolute Gasteiger partial charge is 0.437 e. The highest BCUT2D eigenvalue weighted by molar-refractivity contribution is 7.07. The Hall–Kier alpha value is -3.79. The maximum atomic E-state index is 12.0. The topological polar surface area (TPSA) is 112 Å². The van der Waals surface area contributed by atoms with Crippen LogP contribution in [0, 0.1) is 13.8 Å². The van der Waals surface area contributed by atoms with Crippen molar-refractivity contribution in [2.45, 2.75) is 13.8 Å². The molecule has 0 spiro atoms. The summed E-state index contributed by atoms with van der Waals surface area (Å²) in [6, 6.07) is 13.0. The van der Waals surface area contributed by atoms with Gasteiger partial charge in [-0.15, -0.1) is 10.2 Å². The van der Waals surface area contributed by atoms with Crippen LogP contribution in [0.5, 0.6) is 5.06 Å². The molecule has 9 nitrogen and oxygen atoms in total. The van der Waals surface area contributed by atoms with E-state index >= 15 is 0 Å². The molecule has 0 aliphatic heterocycles. The first-order valence-corrected chi connectivity index (χ1v) is 9.72. The van der Waals surface area contributed by atoms with Gasteiger partial charge in [0.25, 0.3) is 0 Å². The number of hydrogen-bond acceptors (Lipinski definition) is 8. The Bertz CT molecular complexity index is 1270. The van der Waals surface area contributed by atoms with Crippen LogP contribution in [-0.4, -0.2) is 25.5 Å². The third-order valence-corrected chi connectivity index (χ3v) is 5.20. The van der Waals surface area contributed by atoms with Gasteiger partial charge in [0, 0.05) is 29.8 Å². The molecule has 0 aliphatic carbocycles. The number of carbonyl (C=O) groups excluding carboxylic acids is 1. The van der Waals surface area contributed by atoms with Crippen molar-refractivity contribution in [2.75, 3.05) is 5.32 Å². The van der Waals surface area contributed by atoms with Crippen molar-refractivity contribution >= 4 is 23.3 Å². The summed E-state index contributed by atoms with van der Waals surface area (Å²) < 4.78 is 15.3. The maximum Gasteiger partial charge on any atom is 0.437 e. The molecule has 2 aromatic heterocycles. The summed E-state index contributed by atoms with van der Waals surface area (Å²) in [5, 5.41) is 11.0. The van der Waals surface area contributed by atoms with Gasteiger partial charge in [0.15, 0.2) is 0 Å². The van der Waals surface area contributed by atoms with Crippen molar-refractivity contribution < 1.29 is 13.9 Å². The summed E-state index contributed by atoms with van der Waals surface area (Å²) in [7, 11) is 1.54. The lowest BCUT2D eigenvalue weighted by atomic mass is 9.96. The van der Waals surface area contributed by atoms with E-state index in [0.29, 0.717) is 16.4 Å². The summed E-state index contributed by atoms with van der Waals surface area (Å²) in [5.74, 6) is -0.239. The molecule has 10 heteroatoms. The first kappa shape index (κ1) is 19.5. The smallest absolute Gasteiger partial charge is 0.395 e. The van der Waals surface area contributed by atoms with E-state index in [2.05, 4.69) is 20.0 Å². The van der Waals surface area contributed by atoms with Crippen molar-refractivity contribution in [3.8, 4) is 27.6 Å². The molecular formula is C20H17N5O4S. The molecule has 2 heterocycles. The number of anilines is 1. The number of ether oxygens (including phenoxy) is 1. The van der Waals surface area contributed by atoms with Crippen molar-refractivity contribution in [2.24, 2.45) is 7.05 Å². The van der Waals surface area contributed by atoms with Gasteiger partial charge in [0.2, 0.25) is 11.0 Å². The normalized spacial score (nSPS) is 10.8. The fourth-order valence-electron chi connectivity index (χ4n) is 2.91. The number of nitrogens with zero attached hydrogens (tertiary/aromatic N) is 4. The Kier molecular flexibility index (Phi) is 5.15. The van der Waals surface area contributed by atoms with Crippen LogP contribution in [0.25, 0.3) is 22.6 Å². The minimum absolute atomic E-state index is 0.274. The molecule has 0 aliphatic rings. The van der Waals surface area contributed by atoms with E-state index in [1.807, 2.05) is 37.3 Å². The SMILES string of the molecule is Cc1nnsc1OC(=O)Nc1ccc(-c2cccc(-c3nn(C)c(=O)o3)c2C)cc1. The number of hydrogen-bond donors (Lipinski definition) is 1. The number of amides is 1. The van der Waals surface area contributed by atoms with Crippen LogP contribution in [0.4, 0.5) is 10.5 Å². The molecule has 0 atom stereocenters. The molecule has 2 aromatic carbocycles. The second-order valence-corrected chi connectivity index (χ2v) is 7.23. The Morgan fingerprint density at radius 3 is 2.50 bits per heavy atom. The quantitative estimate of drug-likeness (QED) is 0.531. The third kappa shape index (κ3) is 3.85. The van der Waals surface area contributed by atoms with Crippen molar-refractivity contribution in [1.29, 1.82) is 0 Å². The Morgan fingerprint density at radius 2 is 1.87 bits per heavy atom. The van der Waals surface area contributed by atoms with Crippen LogP contribution >= 0.6 is 11.5 Å². The lowest BCUT2D eigenvalue weighted by molar-refractivity contribution is 0.216. The van der Waals surface area contributed by atoms with Gasteiger partial charge in [-0.25, -0.2) is 9.59 Å². The number of rotatable bonds is 4. The minimum atomic E-state index is -0.611. The van der Waals surface area contributed by atoms with Gasteiger partial charge < -0.3 is 9.15 Å². The molecule has 1 amide bonds. The fraction of sp³-hybridized carbons (Fsp3) is 0.150. The molecule has 0 saturated carbocycles. The predicted octanol–water partition coefficient (Wildman–Crippen LogP) is 3.79. The van der Waals surface area contributed by atoms with Gasteiger partial charge in [-0.3, -0.25) is 5.32 Å². The Labute approximate surface area is 175 Å². The molecule has 1 N–H and O–H groups in total. The van der Waals surface area contributed by atoms with Gasteiger partial charge in [-0.1, -0.05) is 28.8 Å². The second-order valence-electron chi connectivity index (χ2n) is 6.51. The Balaban J connectivity index is 1.54. The van der Waals surface area contributed by atoms with Gasteiger partial charge in [-0.05, 0) is 48.7 Å². The number of nitrogens with one attached hydrogen (secondary N) is 1. The summed E-state index contributed by atoms with van der Waals surface area (Å²) in [5.41, 5.74) is 4.71. The van der Waals surface area contributed by atoms with Crippen molar-refractivity contribution in [3.63, 3.8) is 0 Å². The van der Waals surface area contributed by atoms with Gasteiger partial charge >= 0.3 is 11.8 Å². The second kappa shape index (κ2) is 7.91. The molecule has 0 saturated heterocycles. The molecule has 30 heavy (non-hydrogen) atoms. The molecule has 0 bridgehead atoms. The van der Waals surface area contributed by atoms with E-state index < -0.39 is 11.8 Å². The zero-order chi connectivity index (χ0) is 21.3. The average molecular weight is 423 g/mol. The first-order chi connectivity index (χ1) is 14.4. The van der Waals surface area contributed by atoms with Crippen LogP contribution in [0.15, 0.2) is 51.7 Å².